The lowest BCUT2D eigenvalue weighted by Crippen LogP contribution is -2.38. The Morgan fingerprint density at radius 2 is 2.00 bits per heavy atom. The Labute approximate surface area is 133 Å². The summed E-state index contributed by atoms with van der Waals surface area (Å²) in [5.41, 5.74) is 1.59. The van der Waals surface area contributed by atoms with Crippen molar-refractivity contribution < 1.29 is 4.79 Å². The average Bonchev–Trinajstić information content (AvgIpc) is 2.93. The second kappa shape index (κ2) is 5.87. The summed E-state index contributed by atoms with van der Waals surface area (Å²) < 4.78 is 1.28. The van der Waals surface area contributed by atoms with Crippen molar-refractivity contribution in [2.24, 2.45) is 0 Å². The second-order valence-corrected chi connectivity index (χ2v) is 6.05. The number of aromatic amines is 1. The van der Waals surface area contributed by atoms with E-state index in [0.29, 0.717) is 12.1 Å². The van der Waals surface area contributed by atoms with Gasteiger partial charge in [0.05, 0.1) is 0 Å². The van der Waals surface area contributed by atoms with E-state index in [2.05, 4.69) is 4.98 Å². The van der Waals surface area contributed by atoms with Crippen molar-refractivity contribution in [2.45, 2.75) is 32.7 Å². The molecule has 6 nitrogen and oxygen atoms in total. The fourth-order valence-electron chi connectivity index (χ4n) is 2.88. The van der Waals surface area contributed by atoms with Gasteiger partial charge in [0.1, 0.15) is 6.54 Å². The minimum absolute atomic E-state index is 0.0202. The molecule has 0 saturated heterocycles. The highest BCUT2D eigenvalue weighted by Gasteiger charge is 2.24. The van der Waals surface area contributed by atoms with Crippen molar-refractivity contribution >= 4 is 11.6 Å². The molecule has 0 bridgehead atoms. The Kier molecular flexibility index (Phi) is 3.90. The highest BCUT2D eigenvalue weighted by Crippen LogP contribution is 2.27. The number of anilines is 1. The third-order valence-electron chi connectivity index (χ3n) is 4.15. The summed E-state index contributed by atoms with van der Waals surface area (Å²) in [5.74, 6) is -0.174. The number of hydrogen-bond acceptors (Lipinski definition) is 3. The summed E-state index contributed by atoms with van der Waals surface area (Å²) in [5, 5.41) is 0. The lowest BCUT2D eigenvalue weighted by atomic mass is 10.1. The van der Waals surface area contributed by atoms with Crippen LogP contribution >= 0.6 is 0 Å². The van der Waals surface area contributed by atoms with Gasteiger partial charge in [-0.1, -0.05) is 32.0 Å². The summed E-state index contributed by atoms with van der Waals surface area (Å²) in [6.45, 7) is 4.28. The van der Waals surface area contributed by atoms with Crippen molar-refractivity contribution in [1.29, 1.82) is 0 Å². The number of carbonyl (C=O) groups excluding carboxylic acids is 1. The Hall–Kier alpha value is -2.63. The van der Waals surface area contributed by atoms with E-state index in [1.54, 1.807) is 4.90 Å². The minimum Gasteiger partial charge on any atom is -0.310 e. The summed E-state index contributed by atoms with van der Waals surface area (Å²) in [6.07, 6.45) is 2.31. The highest BCUT2D eigenvalue weighted by atomic mass is 16.2. The van der Waals surface area contributed by atoms with Gasteiger partial charge in [0.15, 0.2) is 0 Å². The molecule has 6 heteroatoms. The molecule has 1 N–H and O–H groups in total. The van der Waals surface area contributed by atoms with Gasteiger partial charge >= 0.3 is 5.69 Å². The summed E-state index contributed by atoms with van der Waals surface area (Å²) >= 11 is 0. The second-order valence-electron chi connectivity index (χ2n) is 6.05. The van der Waals surface area contributed by atoms with Crippen LogP contribution in [0.5, 0.6) is 0 Å². The molecule has 0 unspecified atom stereocenters. The lowest BCUT2D eigenvalue weighted by Gasteiger charge is -2.18. The number of carbonyl (C=O) groups is 1. The van der Waals surface area contributed by atoms with Crippen LogP contribution in [0.4, 0.5) is 5.69 Å². The molecule has 3 rings (SSSR count). The van der Waals surface area contributed by atoms with Gasteiger partial charge in [0.2, 0.25) is 5.91 Å². The molecule has 0 atom stereocenters. The molecular weight excluding hydrogens is 294 g/mol. The molecule has 1 aromatic carbocycles. The molecular formula is C17H19N3O3. The smallest absolute Gasteiger partial charge is 0.310 e. The quantitative estimate of drug-likeness (QED) is 0.926. The molecule has 2 aromatic rings. The first-order valence-electron chi connectivity index (χ1n) is 7.69. The molecule has 1 aliphatic heterocycles. The number of nitrogens with zero attached hydrogens (tertiary/aromatic N) is 2. The van der Waals surface area contributed by atoms with Gasteiger partial charge in [-0.15, -0.1) is 0 Å². The van der Waals surface area contributed by atoms with Gasteiger partial charge in [-0.05, 0) is 24.0 Å². The SMILES string of the molecule is CC(C)c1cn(CC(=O)N2CCc3ccccc32)c(=O)[nH]c1=O. The maximum atomic E-state index is 12.6. The van der Waals surface area contributed by atoms with Gasteiger partial charge in [-0.25, -0.2) is 4.79 Å². The van der Waals surface area contributed by atoms with E-state index in [4.69, 9.17) is 0 Å². The Balaban J connectivity index is 1.89. The molecule has 23 heavy (non-hydrogen) atoms. The third-order valence-corrected chi connectivity index (χ3v) is 4.15. The van der Waals surface area contributed by atoms with Gasteiger partial charge in [0, 0.05) is 24.0 Å². The average molecular weight is 313 g/mol. The predicted octanol–water partition coefficient (Wildman–Crippen LogP) is 1.25. The molecule has 120 valence electrons. The predicted molar refractivity (Wildman–Crippen MR) is 87.9 cm³/mol. The van der Waals surface area contributed by atoms with Gasteiger partial charge in [0.25, 0.3) is 5.56 Å². The number of nitrogens with one attached hydrogen (secondary N) is 1. The van der Waals surface area contributed by atoms with E-state index in [1.165, 1.54) is 10.8 Å². The maximum absolute atomic E-state index is 12.6. The first-order valence-corrected chi connectivity index (χ1v) is 7.69. The van der Waals surface area contributed by atoms with Crippen LogP contribution in [0.25, 0.3) is 0 Å². The summed E-state index contributed by atoms with van der Waals surface area (Å²) in [7, 11) is 0. The minimum atomic E-state index is -0.555. The summed E-state index contributed by atoms with van der Waals surface area (Å²) in [4.78, 5) is 40.3. The van der Waals surface area contributed by atoms with E-state index in [0.717, 1.165) is 17.7 Å². The van der Waals surface area contributed by atoms with E-state index in [-0.39, 0.29) is 23.9 Å². The van der Waals surface area contributed by atoms with Gasteiger partial charge < -0.3 is 4.90 Å². The van der Waals surface area contributed by atoms with E-state index < -0.39 is 5.69 Å². The molecule has 2 heterocycles. The van der Waals surface area contributed by atoms with Crippen molar-refractivity contribution in [3.05, 3.63) is 62.4 Å². The topological polar surface area (TPSA) is 75.2 Å². The highest BCUT2D eigenvalue weighted by molar-refractivity contribution is 5.95. The number of rotatable bonds is 3. The number of H-pyrrole nitrogens is 1. The first kappa shape index (κ1) is 15.3. The third kappa shape index (κ3) is 2.84. The number of hydrogen-bond donors (Lipinski definition) is 1. The van der Waals surface area contributed by atoms with Crippen LogP contribution in [0.2, 0.25) is 0 Å². The Morgan fingerprint density at radius 1 is 1.26 bits per heavy atom. The largest absolute Gasteiger partial charge is 0.328 e. The molecule has 1 aromatic heterocycles. The summed E-state index contributed by atoms with van der Waals surface area (Å²) in [6, 6.07) is 7.77. The maximum Gasteiger partial charge on any atom is 0.328 e. The van der Waals surface area contributed by atoms with Crippen LogP contribution < -0.4 is 16.1 Å². The fraction of sp³-hybridized carbons (Fsp3) is 0.353. The molecule has 0 radical (unpaired) electrons. The lowest BCUT2D eigenvalue weighted by molar-refractivity contribution is -0.119. The molecule has 0 saturated carbocycles. The van der Waals surface area contributed by atoms with Crippen molar-refractivity contribution in [2.75, 3.05) is 11.4 Å². The molecule has 0 aliphatic carbocycles. The normalized spacial score (nSPS) is 13.4. The van der Waals surface area contributed by atoms with Crippen LogP contribution in [-0.2, 0) is 17.8 Å². The van der Waals surface area contributed by atoms with Crippen molar-refractivity contribution in [1.82, 2.24) is 9.55 Å². The Bertz CT molecular complexity index is 864. The standard InChI is InChI=1S/C17H19N3O3/c1-11(2)13-9-19(17(23)18-16(13)22)10-15(21)20-8-7-12-5-3-4-6-14(12)20/h3-6,9,11H,7-8,10H2,1-2H3,(H,18,22,23). The van der Waals surface area contributed by atoms with Gasteiger partial charge in [-0.3, -0.25) is 19.1 Å². The van der Waals surface area contributed by atoms with Crippen molar-refractivity contribution in [3.8, 4) is 0 Å². The molecule has 0 fully saturated rings. The zero-order valence-electron chi connectivity index (χ0n) is 13.2. The number of fused-ring (bicyclic) bond motifs is 1. The van der Waals surface area contributed by atoms with Gasteiger partial charge in [-0.2, -0.15) is 0 Å². The van der Waals surface area contributed by atoms with E-state index in [1.807, 2.05) is 38.1 Å². The van der Waals surface area contributed by atoms with Crippen LogP contribution in [-0.4, -0.2) is 22.0 Å². The molecule has 0 spiro atoms. The number of para-hydroxylation sites is 1. The molecule has 1 amide bonds. The van der Waals surface area contributed by atoms with Crippen LogP contribution in [0.15, 0.2) is 40.1 Å². The monoisotopic (exact) mass is 313 g/mol. The number of aromatic nitrogens is 2. The number of amides is 1. The van der Waals surface area contributed by atoms with Crippen LogP contribution in [0.1, 0.15) is 30.9 Å². The van der Waals surface area contributed by atoms with E-state index >= 15 is 0 Å². The number of benzene rings is 1. The zero-order valence-corrected chi connectivity index (χ0v) is 13.2. The Morgan fingerprint density at radius 3 is 2.74 bits per heavy atom. The molecule has 1 aliphatic rings. The van der Waals surface area contributed by atoms with Crippen LogP contribution in [0.3, 0.4) is 0 Å². The van der Waals surface area contributed by atoms with E-state index in [9.17, 15) is 14.4 Å². The zero-order chi connectivity index (χ0) is 16.6. The fourth-order valence-corrected chi connectivity index (χ4v) is 2.88. The van der Waals surface area contributed by atoms with Crippen molar-refractivity contribution in [3.63, 3.8) is 0 Å². The first-order chi connectivity index (χ1) is 11.0. The van der Waals surface area contributed by atoms with Crippen LogP contribution in [0, 0.1) is 0 Å².